The molecule has 1 unspecified atom stereocenters. The summed E-state index contributed by atoms with van der Waals surface area (Å²) in [5.41, 5.74) is 3.93. The third-order valence-corrected chi connectivity index (χ3v) is 3.70. The molecule has 1 N–H and O–H groups in total. The van der Waals surface area contributed by atoms with Crippen molar-refractivity contribution in [3.8, 4) is 0 Å². The van der Waals surface area contributed by atoms with E-state index in [1.54, 1.807) is 0 Å². The first-order chi connectivity index (χ1) is 8.99. The van der Waals surface area contributed by atoms with E-state index in [9.17, 15) is 0 Å². The summed E-state index contributed by atoms with van der Waals surface area (Å²) in [6.07, 6.45) is 0. The molecule has 1 heterocycles. The van der Waals surface area contributed by atoms with E-state index in [0.29, 0.717) is 6.04 Å². The minimum Gasteiger partial charge on any atom is -0.466 e. The molecular formula is C17H23NO. The lowest BCUT2D eigenvalue weighted by Crippen LogP contribution is -2.23. The van der Waals surface area contributed by atoms with Gasteiger partial charge in [-0.2, -0.15) is 0 Å². The second kappa shape index (κ2) is 5.62. The van der Waals surface area contributed by atoms with Gasteiger partial charge >= 0.3 is 0 Å². The first-order valence-corrected chi connectivity index (χ1v) is 6.87. The van der Waals surface area contributed by atoms with E-state index in [0.717, 1.165) is 11.5 Å². The Bertz CT molecular complexity index is 556. The molecule has 0 radical (unpaired) electrons. The maximum absolute atomic E-state index is 5.61. The predicted octanol–water partition coefficient (Wildman–Crippen LogP) is 4.62. The highest BCUT2D eigenvalue weighted by Crippen LogP contribution is 2.25. The van der Waals surface area contributed by atoms with Crippen molar-refractivity contribution < 1.29 is 4.42 Å². The molecule has 2 aromatic rings. The Labute approximate surface area is 115 Å². The minimum atomic E-state index is 0.284. The largest absolute Gasteiger partial charge is 0.466 e. The van der Waals surface area contributed by atoms with Gasteiger partial charge < -0.3 is 9.73 Å². The molecule has 102 valence electrons. The van der Waals surface area contributed by atoms with Gasteiger partial charge in [0.1, 0.15) is 11.5 Å². The van der Waals surface area contributed by atoms with Gasteiger partial charge in [-0.25, -0.2) is 0 Å². The van der Waals surface area contributed by atoms with Crippen LogP contribution < -0.4 is 5.32 Å². The molecule has 0 fully saturated rings. The second-order valence-corrected chi connectivity index (χ2v) is 5.34. The lowest BCUT2D eigenvalue weighted by atomic mass is 10.0. The lowest BCUT2D eigenvalue weighted by Gasteiger charge is -2.21. The van der Waals surface area contributed by atoms with Crippen molar-refractivity contribution in [3.63, 3.8) is 0 Å². The minimum absolute atomic E-state index is 0.284. The average molecular weight is 257 g/mol. The summed E-state index contributed by atoms with van der Waals surface area (Å²) in [5, 5.41) is 3.65. The van der Waals surface area contributed by atoms with Crippen LogP contribution in [0.4, 0.5) is 0 Å². The van der Waals surface area contributed by atoms with Crippen LogP contribution in [0.25, 0.3) is 0 Å². The van der Waals surface area contributed by atoms with Crippen molar-refractivity contribution in [1.29, 1.82) is 0 Å². The van der Waals surface area contributed by atoms with E-state index < -0.39 is 0 Å². The fourth-order valence-corrected chi connectivity index (χ4v) is 2.71. The summed E-state index contributed by atoms with van der Waals surface area (Å²) in [4.78, 5) is 0. The molecule has 0 amide bonds. The van der Waals surface area contributed by atoms with Gasteiger partial charge in [0.05, 0.1) is 0 Å². The maximum Gasteiger partial charge on any atom is 0.105 e. The Morgan fingerprint density at radius 2 is 1.58 bits per heavy atom. The first kappa shape index (κ1) is 13.9. The smallest absolute Gasteiger partial charge is 0.105 e. The molecule has 1 aromatic carbocycles. The van der Waals surface area contributed by atoms with Crippen LogP contribution in [0.5, 0.6) is 0 Å². The van der Waals surface area contributed by atoms with Crippen molar-refractivity contribution in [2.45, 2.75) is 46.7 Å². The van der Waals surface area contributed by atoms with E-state index in [1.165, 1.54) is 16.7 Å². The summed E-state index contributed by atoms with van der Waals surface area (Å²) in [5.74, 6) is 1.99. The van der Waals surface area contributed by atoms with Crippen LogP contribution in [0.3, 0.4) is 0 Å². The summed E-state index contributed by atoms with van der Waals surface area (Å²) < 4.78 is 5.61. The first-order valence-electron chi connectivity index (χ1n) is 6.87. The highest BCUT2D eigenvalue weighted by atomic mass is 16.3. The van der Waals surface area contributed by atoms with Gasteiger partial charge in [0.15, 0.2) is 0 Å². The average Bonchev–Trinajstić information content (AvgIpc) is 2.69. The van der Waals surface area contributed by atoms with Crippen LogP contribution in [0.2, 0.25) is 0 Å². The van der Waals surface area contributed by atoms with Crippen molar-refractivity contribution in [2.24, 2.45) is 0 Å². The van der Waals surface area contributed by atoms with Gasteiger partial charge in [-0.1, -0.05) is 24.3 Å². The summed E-state index contributed by atoms with van der Waals surface area (Å²) in [6, 6.07) is 11.3. The quantitative estimate of drug-likeness (QED) is 0.864. The van der Waals surface area contributed by atoms with Gasteiger partial charge in [-0.15, -0.1) is 0 Å². The molecule has 0 saturated heterocycles. The lowest BCUT2D eigenvalue weighted by molar-refractivity contribution is 0.468. The summed E-state index contributed by atoms with van der Waals surface area (Å²) in [7, 11) is 0. The highest BCUT2D eigenvalue weighted by molar-refractivity contribution is 5.29. The van der Waals surface area contributed by atoms with E-state index in [1.807, 2.05) is 13.8 Å². The molecule has 0 spiro atoms. The predicted molar refractivity (Wildman–Crippen MR) is 79.3 cm³/mol. The molecule has 0 aliphatic rings. The molecule has 0 aliphatic carbocycles. The Balaban J connectivity index is 2.13. The summed E-state index contributed by atoms with van der Waals surface area (Å²) >= 11 is 0. The zero-order chi connectivity index (χ0) is 14.0. The highest BCUT2D eigenvalue weighted by Gasteiger charge is 2.16. The fraction of sp³-hybridized carbons (Fsp3) is 0.412. The summed E-state index contributed by atoms with van der Waals surface area (Å²) in [6.45, 7) is 10.6. The van der Waals surface area contributed by atoms with Crippen LogP contribution >= 0.6 is 0 Å². The number of hydrogen-bond acceptors (Lipinski definition) is 2. The second-order valence-electron chi connectivity index (χ2n) is 5.34. The van der Waals surface area contributed by atoms with Crippen LogP contribution in [0.1, 0.15) is 54.1 Å². The van der Waals surface area contributed by atoms with Crippen LogP contribution in [-0.4, -0.2) is 0 Å². The number of furan rings is 1. The van der Waals surface area contributed by atoms with E-state index in [2.05, 4.69) is 56.4 Å². The van der Waals surface area contributed by atoms with Gasteiger partial charge in [0.2, 0.25) is 0 Å². The number of benzene rings is 1. The van der Waals surface area contributed by atoms with Gasteiger partial charge in [-0.3, -0.25) is 0 Å². The van der Waals surface area contributed by atoms with E-state index in [-0.39, 0.29) is 6.04 Å². The number of aryl methyl sites for hydroxylation is 3. The van der Waals surface area contributed by atoms with Gasteiger partial charge in [0, 0.05) is 17.6 Å². The Morgan fingerprint density at radius 1 is 0.947 bits per heavy atom. The SMILES string of the molecule is Cc1cc(C(C)N[C@@H](C)c2ccccc2C)c(C)o1. The van der Waals surface area contributed by atoms with Crippen molar-refractivity contribution in [2.75, 3.05) is 0 Å². The normalized spacial score (nSPS) is 14.4. The molecule has 1 aromatic heterocycles. The monoisotopic (exact) mass is 257 g/mol. The Hall–Kier alpha value is -1.54. The molecule has 2 nitrogen and oxygen atoms in total. The van der Waals surface area contributed by atoms with Crippen LogP contribution in [0.15, 0.2) is 34.7 Å². The van der Waals surface area contributed by atoms with E-state index in [4.69, 9.17) is 4.42 Å². The number of rotatable bonds is 4. The molecule has 0 saturated carbocycles. The zero-order valence-corrected chi connectivity index (χ0v) is 12.4. The standard InChI is InChI=1S/C17H23NO/c1-11-8-6-7-9-16(11)13(3)18-14(4)17-10-12(2)19-15(17)5/h6-10,13-14,18H,1-5H3/t13-,14?/m0/s1. The van der Waals surface area contributed by atoms with Crippen molar-refractivity contribution in [3.05, 3.63) is 58.5 Å². The van der Waals surface area contributed by atoms with Crippen molar-refractivity contribution >= 4 is 0 Å². The maximum atomic E-state index is 5.61. The molecule has 0 bridgehead atoms. The van der Waals surface area contributed by atoms with Gasteiger partial charge in [-0.05, 0) is 51.8 Å². The molecule has 19 heavy (non-hydrogen) atoms. The Kier molecular flexibility index (Phi) is 4.11. The third-order valence-electron chi connectivity index (χ3n) is 3.70. The van der Waals surface area contributed by atoms with Gasteiger partial charge in [0.25, 0.3) is 0 Å². The number of hydrogen-bond donors (Lipinski definition) is 1. The molecular weight excluding hydrogens is 234 g/mol. The molecule has 2 rings (SSSR count). The zero-order valence-electron chi connectivity index (χ0n) is 12.4. The molecule has 2 atom stereocenters. The third kappa shape index (κ3) is 3.07. The van der Waals surface area contributed by atoms with Crippen LogP contribution in [0, 0.1) is 20.8 Å². The van der Waals surface area contributed by atoms with Crippen molar-refractivity contribution in [1.82, 2.24) is 5.32 Å². The molecule has 2 heteroatoms. The number of nitrogens with one attached hydrogen (secondary N) is 1. The fourth-order valence-electron chi connectivity index (χ4n) is 2.71. The molecule has 0 aliphatic heterocycles. The topological polar surface area (TPSA) is 25.2 Å². The Morgan fingerprint density at radius 3 is 2.16 bits per heavy atom. The van der Waals surface area contributed by atoms with Crippen LogP contribution in [-0.2, 0) is 0 Å². The van der Waals surface area contributed by atoms with E-state index >= 15 is 0 Å².